The minimum Gasteiger partial charge on any atom is -0.393 e. The molecule has 8 rings (SSSR count). The lowest BCUT2D eigenvalue weighted by Gasteiger charge is -2.54. The summed E-state index contributed by atoms with van der Waals surface area (Å²) in [5, 5.41) is 17.9. The molecular formula is C38H51N9O2. The molecule has 1 aliphatic carbocycles. The van der Waals surface area contributed by atoms with Gasteiger partial charge in [-0.3, -0.25) is 19.8 Å². The van der Waals surface area contributed by atoms with Crippen molar-refractivity contribution >= 4 is 28.6 Å². The molecule has 3 aromatic heterocycles. The summed E-state index contributed by atoms with van der Waals surface area (Å²) in [4.78, 5) is 31.4. The van der Waals surface area contributed by atoms with Gasteiger partial charge in [-0.15, -0.1) is 0 Å². The Morgan fingerprint density at radius 3 is 2.31 bits per heavy atom. The van der Waals surface area contributed by atoms with Gasteiger partial charge in [0.05, 0.1) is 29.0 Å². The molecule has 4 fully saturated rings. The number of aliphatic hydroxyl groups is 1. The van der Waals surface area contributed by atoms with Gasteiger partial charge in [0, 0.05) is 73.5 Å². The van der Waals surface area contributed by atoms with Crippen LogP contribution in [0.1, 0.15) is 79.2 Å². The van der Waals surface area contributed by atoms with Crippen molar-refractivity contribution in [3.05, 3.63) is 53.5 Å². The van der Waals surface area contributed by atoms with E-state index >= 15 is 0 Å². The molecule has 3 saturated heterocycles. The molecule has 1 saturated carbocycles. The number of benzene rings is 1. The Morgan fingerprint density at radius 1 is 0.898 bits per heavy atom. The molecule has 1 aromatic carbocycles. The number of carbonyl (C=O) groups excluding carboxylic acids is 1. The maximum Gasteiger partial charge on any atom is 0.258 e. The van der Waals surface area contributed by atoms with E-state index in [9.17, 15) is 9.90 Å². The minimum absolute atomic E-state index is 0.148. The molecule has 11 nitrogen and oxygen atoms in total. The summed E-state index contributed by atoms with van der Waals surface area (Å²) in [6, 6.07) is 11.1. The van der Waals surface area contributed by atoms with Crippen molar-refractivity contribution in [3.8, 4) is 11.3 Å². The van der Waals surface area contributed by atoms with Gasteiger partial charge in [0.1, 0.15) is 0 Å². The Kier molecular flexibility index (Phi) is 8.48. The Hall–Kier alpha value is -3.80. The number of hydrogen-bond acceptors (Lipinski definition) is 8. The molecule has 11 heteroatoms. The van der Waals surface area contributed by atoms with E-state index in [2.05, 4.69) is 54.9 Å². The number of carbonyl (C=O) groups is 1. The number of aryl methyl sites for hydroxylation is 2. The van der Waals surface area contributed by atoms with Gasteiger partial charge >= 0.3 is 0 Å². The molecule has 260 valence electrons. The first-order valence-corrected chi connectivity index (χ1v) is 18.3. The summed E-state index contributed by atoms with van der Waals surface area (Å²) in [6.07, 6.45) is 9.79. The second-order valence-electron chi connectivity index (χ2n) is 15.5. The summed E-state index contributed by atoms with van der Waals surface area (Å²) in [6.45, 7) is 11.1. The number of anilines is 2. The van der Waals surface area contributed by atoms with Crippen LogP contribution in [0.4, 0.5) is 11.6 Å². The third kappa shape index (κ3) is 6.25. The quantitative estimate of drug-likeness (QED) is 0.291. The monoisotopic (exact) mass is 665 g/mol. The highest BCUT2D eigenvalue weighted by atomic mass is 16.3. The van der Waals surface area contributed by atoms with Crippen molar-refractivity contribution in [2.75, 3.05) is 56.5 Å². The fraction of sp³-hybridized carbons (Fsp3) is 0.579. The summed E-state index contributed by atoms with van der Waals surface area (Å²) in [5.41, 5.74) is 7.68. The number of nitrogens with one attached hydrogen (secondary N) is 1. The normalized spacial score (nSPS) is 23.7. The first-order chi connectivity index (χ1) is 23.6. The summed E-state index contributed by atoms with van der Waals surface area (Å²) in [5.74, 6) is 0.349. The molecule has 0 atom stereocenters. The standard InChI is InChI=1S/C38H51N9O2/c1-25-19-27(20-34(40-25)32-22-39-44(4)26(32)2)36(49)42-37-41-33-10-7-30(21-35(33)47(37)29-5-8-31(48)9-6-29)45-15-11-28(12-16-45)46-17-13-38(14-18-46)23-43(3)24-38/h7,10,19-22,28-29,31,48H,5-6,8-9,11-18,23-24H2,1-4H3,(H,41,42,49)/t29-,31+. The smallest absolute Gasteiger partial charge is 0.258 e. The number of amides is 1. The first kappa shape index (κ1) is 32.4. The van der Waals surface area contributed by atoms with Crippen LogP contribution in [0.2, 0.25) is 0 Å². The van der Waals surface area contributed by atoms with E-state index in [1.54, 1.807) is 6.20 Å². The van der Waals surface area contributed by atoms with Gasteiger partial charge in [0.25, 0.3) is 5.91 Å². The van der Waals surface area contributed by atoms with Crippen molar-refractivity contribution in [1.29, 1.82) is 0 Å². The lowest BCUT2D eigenvalue weighted by atomic mass is 9.72. The van der Waals surface area contributed by atoms with Crippen LogP contribution >= 0.6 is 0 Å². The SMILES string of the molecule is Cc1cc(C(=O)Nc2nc3ccc(N4CCC(N5CCC6(CC5)CN(C)C6)CC4)cc3n2[C@H]2CC[C@@H](O)CC2)cc(-c2cnn(C)c2C)n1. The summed E-state index contributed by atoms with van der Waals surface area (Å²) >= 11 is 0. The molecule has 0 unspecified atom stereocenters. The maximum atomic E-state index is 13.9. The number of hydrogen-bond donors (Lipinski definition) is 2. The number of pyridine rings is 1. The van der Waals surface area contributed by atoms with E-state index in [1.807, 2.05) is 37.7 Å². The maximum absolute atomic E-state index is 13.9. The van der Waals surface area contributed by atoms with Crippen LogP contribution in [-0.4, -0.2) is 104 Å². The van der Waals surface area contributed by atoms with Gasteiger partial charge in [0.15, 0.2) is 0 Å². The number of aromatic nitrogens is 5. The lowest BCUT2D eigenvalue weighted by Crippen LogP contribution is -2.60. The lowest BCUT2D eigenvalue weighted by molar-refractivity contribution is -0.0419. The van der Waals surface area contributed by atoms with E-state index in [-0.39, 0.29) is 18.1 Å². The molecule has 0 bridgehead atoms. The van der Waals surface area contributed by atoms with Crippen molar-refractivity contribution in [2.24, 2.45) is 12.5 Å². The van der Waals surface area contributed by atoms with Crippen molar-refractivity contribution in [1.82, 2.24) is 34.1 Å². The van der Waals surface area contributed by atoms with Crippen LogP contribution in [0.3, 0.4) is 0 Å². The third-order valence-electron chi connectivity index (χ3n) is 12.1. The van der Waals surface area contributed by atoms with E-state index < -0.39 is 0 Å². The van der Waals surface area contributed by atoms with Crippen molar-refractivity contribution in [2.45, 2.75) is 83.4 Å². The molecular weight excluding hydrogens is 614 g/mol. The topological polar surface area (TPSA) is 108 Å². The van der Waals surface area contributed by atoms with E-state index in [0.717, 1.165) is 72.5 Å². The fourth-order valence-corrected chi connectivity index (χ4v) is 9.18. The number of likely N-dealkylation sites (tertiary alicyclic amines) is 2. The Morgan fingerprint density at radius 2 is 1.63 bits per heavy atom. The largest absolute Gasteiger partial charge is 0.393 e. The van der Waals surface area contributed by atoms with Gasteiger partial charge in [-0.05, 0) is 121 Å². The van der Waals surface area contributed by atoms with E-state index in [1.165, 1.54) is 57.5 Å². The molecule has 1 amide bonds. The highest BCUT2D eigenvalue weighted by Gasteiger charge is 2.44. The van der Waals surface area contributed by atoms with Gasteiger partial charge < -0.3 is 24.4 Å². The van der Waals surface area contributed by atoms with Gasteiger partial charge in [-0.2, -0.15) is 5.10 Å². The minimum atomic E-state index is -0.268. The molecule has 2 N–H and O–H groups in total. The Labute approximate surface area is 289 Å². The fourth-order valence-electron chi connectivity index (χ4n) is 9.18. The molecule has 1 spiro atoms. The average Bonchev–Trinajstić information content (AvgIpc) is 3.62. The molecule has 0 radical (unpaired) electrons. The third-order valence-corrected chi connectivity index (χ3v) is 12.1. The van der Waals surface area contributed by atoms with Gasteiger partial charge in [-0.25, -0.2) is 4.98 Å². The van der Waals surface area contributed by atoms with Crippen LogP contribution in [0.25, 0.3) is 22.3 Å². The van der Waals surface area contributed by atoms with Gasteiger partial charge in [-0.1, -0.05) is 0 Å². The van der Waals surface area contributed by atoms with Crippen molar-refractivity contribution in [3.63, 3.8) is 0 Å². The highest BCUT2D eigenvalue weighted by Crippen LogP contribution is 2.41. The molecule has 3 aliphatic heterocycles. The predicted molar refractivity (Wildman–Crippen MR) is 193 cm³/mol. The zero-order valence-electron chi connectivity index (χ0n) is 29.5. The molecule has 4 aliphatic rings. The number of piperidine rings is 2. The Bertz CT molecular complexity index is 1830. The zero-order chi connectivity index (χ0) is 33.9. The molecule has 4 aromatic rings. The van der Waals surface area contributed by atoms with Crippen LogP contribution in [0.5, 0.6) is 0 Å². The van der Waals surface area contributed by atoms with Crippen LogP contribution < -0.4 is 10.2 Å². The second kappa shape index (κ2) is 12.8. The zero-order valence-corrected chi connectivity index (χ0v) is 29.5. The number of nitrogens with zero attached hydrogens (tertiary/aromatic N) is 8. The van der Waals surface area contributed by atoms with Crippen molar-refractivity contribution < 1.29 is 9.90 Å². The molecule has 6 heterocycles. The summed E-state index contributed by atoms with van der Waals surface area (Å²) < 4.78 is 4.05. The second-order valence-corrected chi connectivity index (χ2v) is 15.5. The highest BCUT2D eigenvalue weighted by molar-refractivity contribution is 6.05. The number of imidazole rings is 1. The number of rotatable bonds is 6. The van der Waals surface area contributed by atoms with Gasteiger partial charge in [0.2, 0.25) is 5.95 Å². The number of fused-ring (bicyclic) bond motifs is 1. The predicted octanol–water partition coefficient (Wildman–Crippen LogP) is 5.17. The van der Waals surface area contributed by atoms with Crippen LogP contribution in [0.15, 0.2) is 36.5 Å². The van der Waals surface area contributed by atoms with Crippen LogP contribution in [-0.2, 0) is 7.05 Å². The first-order valence-electron chi connectivity index (χ1n) is 18.3. The molecule has 49 heavy (non-hydrogen) atoms. The Balaban J connectivity index is 1.02. The van der Waals surface area contributed by atoms with Crippen LogP contribution in [0, 0.1) is 19.3 Å². The van der Waals surface area contributed by atoms with E-state index in [0.29, 0.717) is 23.0 Å². The average molecular weight is 666 g/mol. The number of aliphatic hydroxyl groups excluding tert-OH is 1. The summed E-state index contributed by atoms with van der Waals surface area (Å²) in [7, 11) is 4.15. The van der Waals surface area contributed by atoms with E-state index in [4.69, 9.17) is 9.97 Å².